The van der Waals surface area contributed by atoms with Crippen molar-refractivity contribution in [2.75, 3.05) is 33.3 Å². The number of piperidine rings is 2. The number of aliphatic hydroxyl groups excluding tert-OH is 1. The van der Waals surface area contributed by atoms with Crippen LogP contribution in [0.25, 0.3) is 0 Å². The van der Waals surface area contributed by atoms with Crippen LogP contribution in [0.3, 0.4) is 0 Å². The average molecular weight is 658 g/mol. The number of hydrogen-bond acceptors (Lipinski definition) is 10. The highest BCUT2D eigenvalue weighted by Crippen LogP contribution is 2.27. The van der Waals surface area contributed by atoms with Crippen LogP contribution in [0.1, 0.15) is 67.2 Å². The van der Waals surface area contributed by atoms with Crippen molar-refractivity contribution in [1.29, 1.82) is 0 Å². The highest BCUT2D eigenvalue weighted by molar-refractivity contribution is 6.66. The fourth-order valence-electron chi connectivity index (χ4n) is 3.24. The topological polar surface area (TPSA) is 141 Å². The molecular formula is C24H40Cl4N2O10. The van der Waals surface area contributed by atoms with Gasteiger partial charge in [0.15, 0.2) is 0 Å². The molecule has 0 radical (unpaired) electrons. The highest BCUT2D eigenvalue weighted by Gasteiger charge is 2.29. The summed E-state index contributed by atoms with van der Waals surface area (Å²) in [5.41, 5.74) is -1.81. The molecular weight excluding hydrogens is 618 g/mol. The second-order valence-corrected chi connectivity index (χ2v) is 13.3. The van der Waals surface area contributed by atoms with Crippen LogP contribution in [0.5, 0.6) is 0 Å². The highest BCUT2D eigenvalue weighted by atomic mass is 35.6. The maximum atomic E-state index is 11.8. The first-order valence-corrected chi connectivity index (χ1v) is 14.0. The summed E-state index contributed by atoms with van der Waals surface area (Å²) >= 11 is 20.2. The number of carbonyl (C=O) groups is 4. The molecule has 0 aromatic heterocycles. The SMILES string of the molecule is CC(C)(C)OC(=O)N1CCC[C@H](O)C1.CC(C)(C)OC(=O)N1CCC[C@H](OC(=O)Cl)C1.COC(=O)OC(Cl)(Cl)Cl. The first-order valence-electron chi connectivity index (χ1n) is 12.5. The van der Waals surface area contributed by atoms with E-state index in [1.165, 1.54) is 0 Å². The van der Waals surface area contributed by atoms with Crippen molar-refractivity contribution in [3.8, 4) is 0 Å². The predicted molar refractivity (Wildman–Crippen MR) is 150 cm³/mol. The molecule has 2 atom stereocenters. The number of aliphatic hydroxyl groups is 1. The molecule has 0 aromatic rings. The van der Waals surface area contributed by atoms with Crippen LogP contribution >= 0.6 is 46.4 Å². The van der Waals surface area contributed by atoms with Crippen LogP contribution in [0.2, 0.25) is 0 Å². The van der Waals surface area contributed by atoms with Gasteiger partial charge in [0.25, 0.3) is 0 Å². The molecule has 12 nitrogen and oxygen atoms in total. The number of nitrogens with zero attached hydrogens (tertiary/aromatic N) is 2. The molecule has 0 unspecified atom stereocenters. The molecule has 2 fully saturated rings. The van der Waals surface area contributed by atoms with Crippen molar-refractivity contribution in [3.63, 3.8) is 0 Å². The van der Waals surface area contributed by atoms with Gasteiger partial charge in [0.1, 0.15) is 17.3 Å². The minimum atomic E-state index is -2.03. The zero-order valence-electron chi connectivity index (χ0n) is 23.8. The molecule has 2 aliphatic rings. The van der Waals surface area contributed by atoms with E-state index in [1.807, 2.05) is 41.5 Å². The van der Waals surface area contributed by atoms with Gasteiger partial charge in [-0.2, -0.15) is 0 Å². The lowest BCUT2D eigenvalue weighted by atomic mass is 10.1. The third-order valence-electron chi connectivity index (χ3n) is 4.70. The molecule has 2 saturated heterocycles. The molecule has 2 heterocycles. The molecule has 0 spiro atoms. The maximum Gasteiger partial charge on any atom is 0.511 e. The summed E-state index contributed by atoms with van der Waals surface area (Å²) < 4.78 is 21.3. The Labute approximate surface area is 255 Å². The van der Waals surface area contributed by atoms with Crippen molar-refractivity contribution in [2.24, 2.45) is 0 Å². The van der Waals surface area contributed by atoms with Crippen LogP contribution in [0.15, 0.2) is 0 Å². The number of amides is 2. The molecule has 0 aromatic carbocycles. The van der Waals surface area contributed by atoms with Gasteiger partial charge in [-0.15, -0.1) is 0 Å². The van der Waals surface area contributed by atoms with Crippen molar-refractivity contribution < 1.29 is 48.0 Å². The molecule has 234 valence electrons. The number of alkyl halides is 3. The number of halogens is 4. The van der Waals surface area contributed by atoms with Gasteiger partial charge in [-0.25, -0.2) is 19.2 Å². The van der Waals surface area contributed by atoms with E-state index >= 15 is 0 Å². The summed E-state index contributed by atoms with van der Waals surface area (Å²) in [6, 6.07) is 0. The Hall–Kier alpha value is -1.60. The van der Waals surface area contributed by atoms with E-state index in [1.54, 1.807) is 9.80 Å². The standard InChI is InChI=1S/C11H18ClNO4.C10H19NO3.C3H3Cl3O3/c1-11(2,3)17-10(15)13-6-4-5-8(7-13)16-9(12)14;1-10(2,3)14-9(13)11-6-4-5-8(12)7-11;1-8-2(7)9-3(4,5)6/h8H,4-7H2,1-3H3;8,12H,4-7H2,1-3H3;1H3/t2*8-;/m00./s1. The largest absolute Gasteiger partial charge is 0.511 e. The van der Waals surface area contributed by atoms with Crippen LogP contribution in [-0.4, -0.2) is 99.4 Å². The fourth-order valence-corrected chi connectivity index (χ4v) is 3.56. The van der Waals surface area contributed by atoms with Crippen LogP contribution in [0.4, 0.5) is 19.2 Å². The number of methoxy groups -OCH3 is 1. The van der Waals surface area contributed by atoms with Gasteiger partial charge in [0.2, 0.25) is 0 Å². The quantitative estimate of drug-likeness (QED) is 0.149. The summed E-state index contributed by atoms with van der Waals surface area (Å²) in [4.78, 5) is 47.2. The Balaban J connectivity index is 0.000000599. The number of β-amino-alcohol motifs (C(OH)–C–C–N with tert-alkyl or cyclic N) is 1. The molecule has 0 bridgehead atoms. The van der Waals surface area contributed by atoms with E-state index < -0.39 is 32.9 Å². The summed E-state index contributed by atoms with van der Waals surface area (Å²) in [5, 5.41) is 9.38. The third-order valence-corrected chi connectivity index (χ3v) is 5.02. The Morgan fingerprint density at radius 3 is 1.57 bits per heavy atom. The zero-order valence-corrected chi connectivity index (χ0v) is 26.9. The van der Waals surface area contributed by atoms with Gasteiger partial charge >= 0.3 is 27.7 Å². The van der Waals surface area contributed by atoms with E-state index in [0.29, 0.717) is 26.2 Å². The van der Waals surface area contributed by atoms with Gasteiger partial charge in [0.05, 0.1) is 19.8 Å². The molecule has 2 aliphatic heterocycles. The second kappa shape index (κ2) is 17.4. The summed E-state index contributed by atoms with van der Waals surface area (Å²) in [6.07, 6.45) is 0.655. The zero-order chi connectivity index (χ0) is 31.3. The Bertz CT molecular complexity index is 828. The molecule has 0 aliphatic carbocycles. The van der Waals surface area contributed by atoms with E-state index in [-0.39, 0.29) is 18.3 Å². The molecule has 40 heavy (non-hydrogen) atoms. The lowest BCUT2D eigenvalue weighted by Crippen LogP contribution is -2.45. The van der Waals surface area contributed by atoms with Gasteiger partial charge in [0, 0.05) is 31.2 Å². The Kier molecular flexibility index (Phi) is 16.7. The number of hydrogen-bond donors (Lipinski definition) is 1. The normalized spacial score (nSPS) is 19.5. The lowest BCUT2D eigenvalue weighted by Gasteiger charge is -2.33. The van der Waals surface area contributed by atoms with E-state index in [2.05, 4.69) is 9.47 Å². The predicted octanol–water partition coefficient (Wildman–Crippen LogP) is 6.24. The molecule has 16 heteroatoms. The first-order chi connectivity index (χ1) is 18.1. The van der Waals surface area contributed by atoms with Gasteiger partial charge in [-0.3, -0.25) is 0 Å². The molecule has 2 rings (SSSR count). The van der Waals surface area contributed by atoms with Crippen molar-refractivity contribution in [1.82, 2.24) is 9.80 Å². The average Bonchev–Trinajstić information content (AvgIpc) is 2.76. The van der Waals surface area contributed by atoms with Gasteiger partial charge in [-0.1, -0.05) is 0 Å². The number of carbonyl (C=O) groups excluding carboxylic acids is 4. The van der Waals surface area contributed by atoms with E-state index in [4.69, 9.17) is 60.6 Å². The minimum absolute atomic E-state index is 0.323. The number of ether oxygens (including phenoxy) is 5. The smallest absolute Gasteiger partial charge is 0.448 e. The number of likely N-dealkylation sites (tertiary alicyclic amines) is 2. The monoisotopic (exact) mass is 656 g/mol. The summed E-state index contributed by atoms with van der Waals surface area (Å²) in [7, 11) is 1.11. The van der Waals surface area contributed by atoms with Crippen molar-refractivity contribution >= 4 is 70.2 Å². The Morgan fingerprint density at radius 1 is 0.775 bits per heavy atom. The van der Waals surface area contributed by atoms with Crippen molar-refractivity contribution in [2.45, 2.75) is 94.6 Å². The second-order valence-electron chi connectivity index (χ2n) is 10.8. The van der Waals surface area contributed by atoms with E-state index in [9.17, 15) is 24.3 Å². The summed E-state index contributed by atoms with van der Waals surface area (Å²) in [5.74, 6) is 0. The lowest BCUT2D eigenvalue weighted by molar-refractivity contribution is 0.00216. The fraction of sp³-hybridized carbons (Fsp3) is 0.833. The first kappa shape index (κ1) is 38.4. The van der Waals surface area contributed by atoms with Crippen LogP contribution in [-0.2, 0) is 23.7 Å². The Morgan fingerprint density at radius 2 is 1.23 bits per heavy atom. The maximum absolute atomic E-state index is 11.8. The van der Waals surface area contributed by atoms with Crippen molar-refractivity contribution in [3.05, 3.63) is 0 Å². The van der Waals surface area contributed by atoms with Crippen LogP contribution in [0, 0.1) is 0 Å². The summed E-state index contributed by atoms with van der Waals surface area (Å²) in [6.45, 7) is 13.0. The molecule has 1 N–H and O–H groups in total. The van der Waals surface area contributed by atoms with Gasteiger partial charge in [-0.05, 0) is 102 Å². The third kappa shape index (κ3) is 20.3. The molecule has 0 saturated carbocycles. The molecule has 2 amide bonds. The van der Waals surface area contributed by atoms with Gasteiger partial charge < -0.3 is 38.6 Å². The van der Waals surface area contributed by atoms with E-state index in [0.717, 1.165) is 32.8 Å². The number of rotatable bonds is 1. The minimum Gasteiger partial charge on any atom is -0.448 e. The van der Waals surface area contributed by atoms with Crippen LogP contribution < -0.4 is 0 Å².